The molecule has 1 aliphatic heterocycles. The summed E-state index contributed by atoms with van der Waals surface area (Å²) in [5, 5.41) is 11.5. The highest BCUT2D eigenvalue weighted by Gasteiger charge is 2.18. The Hall–Kier alpha value is -1.03. The number of carboxylic acids is 1. The van der Waals surface area contributed by atoms with E-state index in [1.807, 2.05) is 12.3 Å². The standard InChI is InChI=1S/C7H12N2O2/c8-6(7(10)11)4-5-2-1-3-9-5/h1,3,5-6,9H,2,4,8H2,(H,10,11)/t5-,6-/m0/s1. The molecule has 0 fully saturated rings. The maximum Gasteiger partial charge on any atom is 0.320 e. The number of hydrogen-bond donors (Lipinski definition) is 3. The molecule has 1 heterocycles. The third-order valence-electron chi connectivity index (χ3n) is 1.73. The highest BCUT2D eigenvalue weighted by atomic mass is 16.4. The van der Waals surface area contributed by atoms with E-state index in [2.05, 4.69) is 5.32 Å². The molecule has 11 heavy (non-hydrogen) atoms. The second-order valence-corrected chi connectivity index (χ2v) is 2.68. The van der Waals surface area contributed by atoms with E-state index < -0.39 is 12.0 Å². The Morgan fingerprint density at radius 2 is 2.64 bits per heavy atom. The van der Waals surface area contributed by atoms with Crippen molar-refractivity contribution >= 4 is 5.97 Å². The van der Waals surface area contributed by atoms with Crippen molar-refractivity contribution in [1.82, 2.24) is 5.32 Å². The molecule has 0 aliphatic carbocycles. The van der Waals surface area contributed by atoms with Gasteiger partial charge in [-0.1, -0.05) is 6.08 Å². The lowest BCUT2D eigenvalue weighted by Gasteiger charge is -2.13. The Morgan fingerprint density at radius 1 is 1.91 bits per heavy atom. The van der Waals surface area contributed by atoms with Crippen molar-refractivity contribution < 1.29 is 9.90 Å². The van der Waals surface area contributed by atoms with Crippen molar-refractivity contribution in [1.29, 1.82) is 0 Å². The number of nitrogens with two attached hydrogens (primary N) is 1. The first-order valence-electron chi connectivity index (χ1n) is 3.59. The Morgan fingerprint density at radius 3 is 3.09 bits per heavy atom. The summed E-state index contributed by atoms with van der Waals surface area (Å²) in [5.41, 5.74) is 5.33. The zero-order chi connectivity index (χ0) is 8.27. The highest BCUT2D eigenvalue weighted by Crippen LogP contribution is 2.07. The first kappa shape index (κ1) is 8.07. The molecule has 0 bridgehead atoms. The normalized spacial score (nSPS) is 24.6. The predicted octanol–water partition coefficient (Wildman–Crippen LogP) is -0.336. The van der Waals surface area contributed by atoms with Crippen LogP contribution in [0.5, 0.6) is 0 Å². The summed E-state index contributed by atoms with van der Waals surface area (Å²) in [4.78, 5) is 10.3. The van der Waals surface area contributed by atoms with E-state index in [-0.39, 0.29) is 6.04 Å². The molecule has 0 saturated carbocycles. The van der Waals surface area contributed by atoms with E-state index >= 15 is 0 Å². The van der Waals surface area contributed by atoms with E-state index in [0.717, 1.165) is 6.42 Å². The zero-order valence-corrected chi connectivity index (χ0v) is 6.16. The number of rotatable bonds is 3. The van der Waals surface area contributed by atoms with Crippen LogP contribution in [0.4, 0.5) is 0 Å². The second kappa shape index (κ2) is 3.39. The van der Waals surface area contributed by atoms with Gasteiger partial charge in [-0.05, 0) is 19.0 Å². The lowest BCUT2D eigenvalue weighted by atomic mass is 10.1. The average molecular weight is 156 g/mol. The van der Waals surface area contributed by atoms with Crippen LogP contribution in [0.25, 0.3) is 0 Å². The van der Waals surface area contributed by atoms with Gasteiger partial charge in [0.2, 0.25) is 0 Å². The molecule has 0 radical (unpaired) electrons. The second-order valence-electron chi connectivity index (χ2n) is 2.68. The molecule has 0 unspecified atom stereocenters. The Labute approximate surface area is 65.1 Å². The number of carboxylic acid groups (broad SMARTS) is 1. The van der Waals surface area contributed by atoms with Crippen molar-refractivity contribution in [2.75, 3.05) is 0 Å². The van der Waals surface area contributed by atoms with Crippen molar-refractivity contribution in [2.24, 2.45) is 5.73 Å². The first-order chi connectivity index (χ1) is 5.20. The zero-order valence-electron chi connectivity index (χ0n) is 6.16. The van der Waals surface area contributed by atoms with Crippen molar-refractivity contribution in [3.05, 3.63) is 12.3 Å². The molecule has 62 valence electrons. The Bertz CT molecular complexity index is 171. The molecule has 0 spiro atoms. The van der Waals surface area contributed by atoms with E-state index in [4.69, 9.17) is 10.8 Å². The van der Waals surface area contributed by atoms with Gasteiger partial charge in [0, 0.05) is 6.04 Å². The monoisotopic (exact) mass is 156 g/mol. The Balaban J connectivity index is 2.25. The van der Waals surface area contributed by atoms with Crippen LogP contribution in [0.1, 0.15) is 12.8 Å². The third kappa shape index (κ3) is 2.23. The van der Waals surface area contributed by atoms with Crippen LogP contribution in [0.2, 0.25) is 0 Å². The van der Waals surface area contributed by atoms with Gasteiger partial charge in [0.05, 0.1) is 0 Å². The van der Waals surface area contributed by atoms with Crippen LogP contribution >= 0.6 is 0 Å². The molecule has 0 saturated heterocycles. The van der Waals surface area contributed by atoms with E-state index in [1.165, 1.54) is 0 Å². The van der Waals surface area contributed by atoms with Crippen LogP contribution in [0.15, 0.2) is 12.3 Å². The molecule has 0 amide bonds. The Kier molecular flexibility index (Phi) is 2.48. The molecule has 4 N–H and O–H groups in total. The summed E-state index contributed by atoms with van der Waals surface area (Å²) in [5.74, 6) is -0.932. The lowest BCUT2D eigenvalue weighted by Crippen LogP contribution is -2.36. The molecular formula is C7H12N2O2. The lowest BCUT2D eigenvalue weighted by molar-refractivity contribution is -0.138. The van der Waals surface area contributed by atoms with Gasteiger partial charge in [0.1, 0.15) is 6.04 Å². The summed E-state index contributed by atoms with van der Waals surface area (Å²) >= 11 is 0. The summed E-state index contributed by atoms with van der Waals surface area (Å²) in [6, 6.07) is -0.534. The maximum atomic E-state index is 10.3. The van der Waals surface area contributed by atoms with Gasteiger partial charge in [-0.2, -0.15) is 0 Å². The molecule has 2 atom stereocenters. The number of hydrogen-bond acceptors (Lipinski definition) is 3. The SMILES string of the molecule is N[C@@H](C[C@@H]1CC=CN1)C(=O)O. The fourth-order valence-corrected chi connectivity index (χ4v) is 1.08. The molecule has 0 aromatic carbocycles. The van der Waals surface area contributed by atoms with Gasteiger partial charge in [0.25, 0.3) is 0 Å². The minimum atomic E-state index is -0.932. The van der Waals surface area contributed by atoms with Crippen LogP contribution in [0, 0.1) is 0 Å². The largest absolute Gasteiger partial charge is 0.480 e. The van der Waals surface area contributed by atoms with Crippen LogP contribution in [-0.4, -0.2) is 23.2 Å². The van der Waals surface area contributed by atoms with Crippen LogP contribution in [-0.2, 0) is 4.79 Å². The molecule has 4 nitrogen and oxygen atoms in total. The fraction of sp³-hybridized carbons (Fsp3) is 0.571. The van der Waals surface area contributed by atoms with Crippen molar-refractivity contribution in [3.63, 3.8) is 0 Å². The van der Waals surface area contributed by atoms with E-state index in [0.29, 0.717) is 6.42 Å². The highest BCUT2D eigenvalue weighted by molar-refractivity contribution is 5.73. The van der Waals surface area contributed by atoms with Crippen molar-refractivity contribution in [2.45, 2.75) is 24.9 Å². The van der Waals surface area contributed by atoms with E-state index in [1.54, 1.807) is 0 Å². The summed E-state index contributed by atoms with van der Waals surface area (Å²) in [6.07, 6.45) is 5.17. The van der Waals surface area contributed by atoms with Gasteiger partial charge in [0.15, 0.2) is 0 Å². The summed E-state index contributed by atoms with van der Waals surface area (Å²) < 4.78 is 0. The minimum absolute atomic E-state index is 0.209. The molecule has 1 rings (SSSR count). The minimum Gasteiger partial charge on any atom is -0.480 e. The van der Waals surface area contributed by atoms with Gasteiger partial charge in [-0.25, -0.2) is 0 Å². The van der Waals surface area contributed by atoms with Gasteiger partial charge in [-0.3, -0.25) is 4.79 Å². The van der Waals surface area contributed by atoms with E-state index in [9.17, 15) is 4.79 Å². The summed E-state index contributed by atoms with van der Waals surface area (Å²) in [6.45, 7) is 0. The molecule has 0 aromatic rings. The van der Waals surface area contributed by atoms with Crippen LogP contribution in [0.3, 0.4) is 0 Å². The number of carbonyl (C=O) groups is 1. The van der Waals surface area contributed by atoms with Crippen LogP contribution < -0.4 is 11.1 Å². The number of aliphatic carboxylic acids is 1. The average Bonchev–Trinajstić information content (AvgIpc) is 2.39. The fourth-order valence-electron chi connectivity index (χ4n) is 1.08. The maximum absolute atomic E-state index is 10.3. The molecular weight excluding hydrogens is 144 g/mol. The molecule has 0 aromatic heterocycles. The quantitative estimate of drug-likeness (QED) is 0.522. The topological polar surface area (TPSA) is 75.3 Å². The predicted molar refractivity (Wildman–Crippen MR) is 40.9 cm³/mol. The summed E-state index contributed by atoms with van der Waals surface area (Å²) in [7, 11) is 0. The third-order valence-corrected chi connectivity index (χ3v) is 1.73. The van der Waals surface area contributed by atoms with Gasteiger partial charge >= 0.3 is 5.97 Å². The first-order valence-corrected chi connectivity index (χ1v) is 3.59. The van der Waals surface area contributed by atoms with Crippen molar-refractivity contribution in [3.8, 4) is 0 Å². The van der Waals surface area contributed by atoms with Gasteiger partial charge in [-0.15, -0.1) is 0 Å². The number of nitrogens with one attached hydrogen (secondary N) is 1. The molecule has 4 heteroatoms. The molecule has 1 aliphatic rings. The van der Waals surface area contributed by atoms with Gasteiger partial charge < -0.3 is 16.2 Å². The smallest absolute Gasteiger partial charge is 0.320 e.